The maximum atomic E-state index is 7.58. The second-order valence-electron chi connectivity index (χ2n) is 24.3. The molecule has 0 bridgehead atoms. The molecule has 12 aromatic rings. The molecule has 6 aromatic carbocycles. The molecule has 0 saturated heterocycles. The minimum absolute atomic E-state index is 0.391. The quantitative estimate of drug-likeness (QED) is 0.148. The minimum atomic E-state index is -2.07. The van der Waals surface area contributed by atoms with E-state index in [1.165, 1.54) is 101 Å². The SMILES string of the molecule is Cc1ccc(-c2cccc[n+]2C)c(C)c1.Cc1ccc(C)c(-c2cccc[n+]2C)c1.Cc1cccc(-c2cccc[n+]2C)c1C.Cc1cccc(-c2cccc[n+]2C)c1C.[2H]C([2H])([2H])c1c[n+](C)c(-c2cccc(C)c2C)cc1C.[2H]C([2H])([2H])c1ccc(-c2cccc[n+]2C)c(C)c1. The van der Waals surface area contributed by atoms with E-state index in [4.69, 9.17) is 8.22 Å². The lowest BCUT2D eigenvalue weighted by Gasteiger charge is -2.08. The maximum absolute atomic E-state index is 7.58. The van der Waals surface area contributed by atoms with E-state index in [1.54, 1.807) is 18.3 Å². The summed E-state index contributed by atoms with van der Waals surface area (Å²) in [6, 6.07) is 70.6. The van der Waals surface area contributed by atoms with Crippen molar-refractivity contribution < 1.29 is 35.6 Å². The van der Waals surface area contributed by atoms with Crippen LogP contribution in [-0.4, -0.2) is 0 Å². The topological polar surface area (TPSA) is 23.3 Å². The monoisotopic (exact) mass is 1220 g/mol. The van der Waals surface area contributed by atoms with Crippen LogP contribution in [0.2, 0.25) is 0 Å². The summed E-state index contributed by atoms with van der Waals surface area (Å²) in [6.45, 7) is 21.1. The van der Waals surface area contributed by atoms with Crippen molar-refractivity contribution in [2.75, 3.05) is 0 Å². The van der Waals surface area contributed by atoms with Gasteiger partial charge in [-0.25, -0.2) is 27.4 Å². The molecule has 0 aliphatic heterocycles. The van der Waals surface area contributed by atoms with Crippen LogP contribution in [0.15, 0.2) is 243 Å². The molecule has 6 heteroatoms. The highest BCUT2D eigenvalue weighted by molar-refractivity contribution is 5.66. The number of benzene rings is 6. The van der Waals surface area contributed by atoms with Crippen LogP contribution in [0.5, 0.6) is 0 Å². The molecule has 0 radical (unpaired) electrons. The molecule has 6 nitrogen and oxygen atoms in total. The molecule has 0 aliphatic rings. The van der Waals surface area contributed by atoms with E-state index in [9.17, 15) is 0 Å². The first-order chi connectivity index (χ1) is 46.4. The van der Waals surface area contributed by atoms with E-state index in [1.807, 2.05) is 85.7 Å². The van der Waals surface area contributed by atoms with Crippen LogP contribution in [0.25, 0.3) is 67.5 Å². The van der Waals surface area contributed by atoms with E-state index in [-0.39, 0.29) is 0 Å². The largest absolute Gasteiger partial charge is 0.212 e. The van der Waals surface area contributed by atoms with Crippen molar-refractivity contribution in [3.63, 3.8) is 0 Å². The van der Waals surface area contributed by atoms with Gasteiger partial charge < -0.3 is 0 Å². The van der Waals surface area contributed by atoms with E-state index in [2.05, 4.69) is 292 Å². The zero-order valence-electron chi connectivity index (χ0n) is 63.8. The molecule has 92 heavy (non-hydrogen) atoms. The smallest absolute Gasteiger partial charge is 0.201 e. The number of hydrogen-bond donors (Lipinski definition) is 0. The van der Waals surface area contributed by atoms with Crippen molar-refractivity contribution in [1.29, 1.82) is 0 Å². The van der Waals surface area contributed by atoms with Gasteiger partial charge >= 0.3 is 0 Å². The number of aromatic nitrogens is 6. The lowest BCUT2D eigenvalue weighted by Crippen LogP contribution is -2.31. The van der Waals surface area contributed by atoms with Gasteiger partial charge in [-0.1, -0.05) is 89.5 Å². The summed E-state index contributed by atoms with van der Waals surface area (Å²) in [4.78, 5) is 0. The number of aryl methyl sites for hydroxylation is 17. The van der Waals surface area contributed by atoms with Gasteiger partial charge in [0.2, 0.25) is 34.2 Å². The Morgan fingerprint density at radius 2 is 0.554 bits per heavy atom. The van der Waals surface area contributed by atoms with Crippen LogP contribution in [0.1, 0.15) is 86.1 Å². The third-order valence-electron chi connectivity index (χ3n) is 17.2. The number of rotatable bonds is 6. The van der Waals surface area contributed by atoms with Crippen molar-refractivity contribution in [2.24, 2.45) is 42.3 Å². The first-order valence-electron chi connectivity index (χ1n) is 34.6. The molecule has 0 unspecified atom stereocenters. The zero-order valence-corrected chi connectivity index (χ0v) is 57.8. The van der Waals surface area contributed by atoms with Gasteiger partial charge in [-0.2, -0.15) is 0 Å². The van der Waals surface area contributed by atoms with Crippen molar-refractivity contribution in [1.82, 2.24) is 0 Å². The fourth-order valence-corrected chi connectivity index (χ4v) is 11.2. The summed E-state index contributed by atoms with van der Waals surface area (Å²) in [5.74, 6) is 0. The average molecular weight is 1220 g/mol. The normalized spacial score (nSPS) is 11.6. The molecule has 6 aromatic heterocycles. The van der Waals surface area contributed by atoms with Gasteiger partial charge in [-0.15, -0.1) is 0 Å². The summed E-state index contributed by atoms with van der Waals surface area (Å²) in [7, 11) is 12.2. The van der Waals surface area contributed by atoms with Gasteiger partial charge in [0.25, 0.3) is 0 Å². The standard InChI is InChI=1S/C16H20N.5C14H16N/c1-11-7-6-8-15(14(11)4)16-9-12(2)13(3)10-17(16)5;2*1-11-7-6-8-13(12(11)2)14-9-4-5-10-15(14)3;2*1-11-7-8-13(12(2)10-11)14-6-4-5-9-15(14)3;1-11-7-8-12(2)13(10-11)14-6-4-5-9-15(14)3/h6-10H,1-5H3;5*4-10H,1-3H3/q6*+1/i3D3;;;1D3;;. The fourth-order valence-electron chi connectivity index (χ4n) is 11.2. The van der Waals surface area contributed by atoms with Gasteiger partial charge in [0.05, 0.1) is 0 Å². The van der Waals surface area contributed by atoms with Crippen molar-refractivity contribution in [2.45, 2.75) is 96.8 Å². The molecule has 0 amide bonds. The predicted octanol–water partition coefficient (Wildman–Crippen LogP) is 17.4. The third-order valence-corrected chi connectivity index (χ3v) is 17.2. The molecule has 0 N–H and O–H groups in total. The number of nitrogens with zero attached hydrogens (tertiary/aromatic N) is 6. The van der Waals surface area contributed by atoms with E-state index in [0.29, 0.717) is 11.1 Å². The average Bonchev–Trinajstić information content (AvgIpc) is 0.810. The van der Waals surface area contributed by atoms with Crippen molar-refractivity contribution in [3.8, 4) is 67.5 Å². The van der Waals surface area contributed by atoms with Crippen LogP contribution >= 0.6 is 0 Å². The molecule has 6 heterocycles. The molecular weight excluding hydrogens is 1120 g/mol. The van der Waals surface area contributed by atoms with Crippen molar-refractivity contribution in [3.05, 3.63) is 321 Å². The zero-order chi connectivity index (χ0) is 71.8. The van der Waals surface area contributed by atoms with Crippen LogP contribution in [0, 0.1) is 96.8 Å². The molecule has 0 saturated carbocycles. The highest BCUT2D eigenvalue weighted by Crippen LogP contribution is 2.27. The van der Waals surface area contributed by atoms with E-state index in [0.717, 1.165) is 33.6 Å². The first kappa shape index (κ1) is 61.1. The Hall–Kier alpha value is -9.78. The van der Waals surface area contributed by atoms with Gasteiger partial charge in [0.1, 0.15) is 42.3 Å². The maximum Gasteiger partial charge on any atom is 0.212 e. The molecule has 0 fully saturated rings. The fraction of sp³-hybridized carbons (Fsp3) is 0.233. The summed E-state index contributed by atoms with van der Waals surface area (Å²) in [5, 5.41) is 0. The van der Waals surface area contributed by atoms with E-state index < -0.39 is 13.7 Å². The lowest BCUT2D eigenvalue weighted by atomic mass is 9.99. The number of hydrogen-bond acceptors (Lipinski definition) is 0. The Kier molecular flexibility index (Phi) is 21.8. The molecule has 0 spiro atoms. The first-order valence-corrected chi connectivity index (χ1v) is 31.6. The Balaban J connectivity index is 0.000000166. The number of pyridine rings is 6. The highest BCUT2D eigenvalue weighted by Gasteiger charge is 2.18. The molecule has 12 rings (SSSR count). The summed E-state index contributed by atoms with van der Waals surface area (Å²) in [5.41, 5.74) is 30.4. The minimum Gasteiger partial charge on any atom is -0.201 e. The lowest BCUT2D eigenvalue weighted by molar-refractivity contribution is -0.660. The predicted molar refractivity (Wildman–Crippen MR) is 385 cm³/mol. The van der Waals surface area contributed by atoms with Gasteiger partial charge in [-0.05, 0) is 219 Å². The Bertz CT molecular complexity index is 4560. The Morgan fingerprint density at radius 1 is 0.217 bits per heavy atom. The molecule has 0 aliphatic carbocycles. The van der Waals surface area contributed by atoms with Crippen LogP contribution in [0.3, 0.4) is 0 Å². The van der Waals surface area contributed by atoms with Gasteiger partial charge in [0, 0.05) is 114 Å². The van der Waals surface area contributed by atoms with E-state index >= 15 is 0 Å². The van der Waals surface area contributed by atoms with Crippen molar-refractivity contribution >= 4 is 0 Å². The Labute approximate surface area is 560 Å². The highest BCUT2D eigenvalue weighted by atomic mass is 14.9. The molecule has 0 atom stereocenters. The Morgan fingerprint density at radius 3 is 0.924 bits per heavy atom. The second kappa shape index (κ2) is 32.8. The summed E-state index contributed by atoms with van der Waals surface area (Å²) >= 11 is 0. The van der Waals surface area contributed by atoms with Gasteiger partial charge in [-0.3, -0.25) is 0 Å². The van der Waals surface area contributed by atoms with Crippen LogP contribution < -0.4 is 27.4 Å². The summed E-state index contributed by atoms with van der Waals surface area (Å²) in [6.07, 6.45) is 12.0. The van der Waals surface area contributed by atoms with Gasteiger partial charge in [0.15, 0.2) is 37.2 Å². The van der Waals surface area contributed by atoms with Crippen LogP contribution in [0.4, 0.5) is 0 Å². The third kappa shape index (κ3) is 18.2. The second-order valence-corrected chi connectivity index (χ2v) is 24.3. The summed E-state index contributed by atoms with van der Waals surface area (Å²) < 4.78 is 57.5. The molecule has 468 valence electrons. The van der Waals surface area contributed by atoms with Crippen LogP contribution in [-0.2, 0) is 42.3 Å². The molecular formula is C86H100N6+6.